The van der Waals surface area contributed by atoms with Crippen LogP contribution in [0.3, 0.4) is 0 Å². The highest BCUT2D eigenvalue weighted by Gasteiger charge is 2.08. The molecule has 2 aromatic rings. The standard InChI is InChI=1S/C12H14N6O/c1-8-15-4-3-9(17-8)5-16-12(19)10-6-14-7-11(13-2)18-10/h3-4,6-7H,5H2,1-2H3,(H,13,18)(H,16,19). The van der Waals surface area contributed by atoms with Gasteiger partial charge in [-0.15, -0.1) is 0 Å². The van der Waals surface area contributed by atoms with Gasteiger partial charge in [0.25, 0.3) is 5.91 Å². The Balaban J connectivity index is 2.01. The lowest BCUT2D eigenvalue weighted by molar-refractivity contribution is 0.0945. The van der Waals surface area contributed by atoms with E-state index in [1.54, 1.807) is 32.4 Å². The maximum absolute atomic E-state index is 11.9. The predicted molar refractivity (Wildman–Crippen MR) is 69.5 cm³/mol. The summed E-state index contributed by atoms with van der Waals surface area (Å²) in [6.07, 6.45) is 4.62. The molecule has 2 rings (SSSR count). The molecule has 2 heterocycles. The van der Waals surface area contributed by atoms with E-state index in [4.69, 9.17) is 0 Å². The zero-order chi connectivity index (χ0) is 13.7. The van der Waals surface area contributed by atoms with E-state index in [1.165, 1.54) is 6.20 Å². The van der Waals surface area contributed by atoms with E-state index in [2.05, 4.69) is 30.6 Å². The van der Waals surface area contributed by atoms with E-state index in [9.17, 15) is 4.79 Å². The number of aromatic nitrogens is 4. The summed E-state index contributed by atoms with van der Waals surface area (Å²) in [7, 11) is 1.72. The fourth-order valence-electron chi connectivity index (χ4n) is 1.46. The van der Waals surface area contributed by atoms with Crippen LogP contribution in [0.25, 0.3) is 0 Å². The summed E-state index contributed by atoms with van der Waals surface area (Å²) in [5.41, 5.74) is 1.01. The number of hydrogen-bond acceptors (Lipinski definition) is 6. The van der Waals surface area contributed by atoms with Crippen molar-refractivity contribution in [1.29, 1.82) is 0 Å². The van der Waals surface area contributed by atoms with Crippen molar-refractivity contribution in [3.63, 3.8) is 0 Å². The molecule has 0 unspecified atom stereocenters. The molecule has 0 radical (unpaired) electrons. The summed E-state index contributed by atoms with van der Waals surface area (Å²) < 4.78 is 0. The van der Waals surface area contributed by atoms with Crippen LogP contribution in [0.2, 0.25) is 0 Å². The normalized spacial score (nSPS) is 10.0. The van der Waals surface area contributed by atoms with Crippen LogP contribution in [0, 0.1) is 6.92 Å². The third-order valence-electron chi connectivity index (χ3n) is 2.39. The molecular formula is C12H14N6O. The van der Waals surface area contributed by atoms with Crippen LogP contribution in [-0.4, -0.2) is 32.9 Å². The second-order valence-corrected chi connectivity index (χ2v) is 3.82. The average molecular weight is 258 g/mol. The average Bonchev–Trinajstić information content (AvgIpc) is 2.45. The Morgan fingerprint density at radius 2 is 2.16 bits per heavy atom. The summed E-state index contributed by atoms with van der Waals surface area (Å²) in [4.78, 5) is 28.1. The van der Waals surface area contributed by atoms with Crippen molar-refractivity contribution in [3.05, 3.63) is 41.9 Å². The Hall–Kier alpha value is -2.57. The van der Waals surface area contributed by atoms with Gasteiger partial charge >= 0.3 is 0 Å². The van der Waals surface area contributed by atoms with Crippen LogP contribution in [0.4, 0.5) is 5.82 Å². The molecule has 98 valence electrons. The quantitative estimate of drug-likeness (QED) is 0.831. The molecule has 0 saturated heterocycles. The first-order chi connectivity index (χ1) is 9.19. The molecule has 0 aromatic carbocycles. The number of rotatable bonds is 4. The monoisotopic (exact) mass is 258 g/mol. The van der Waals surface area contributed by atoms with Gasteiger partial charge in [0.15, 0.2) is 0 Å². The molecule has 0 atom stereocenters. The van der Waals surface area contributed by atoms with Gasteiger partial charge in [-0.2, -0.15) is 0 Å². The zero-order valence-electron chi connectivity index (χ0n) is 10.7. The fraction of sp³-hybridized carbons (Fsp3) is 0.250. The lowest BCUT2D eigenvalue weighted by Gasteiger charge is -2.05. The number of amides is 1. The summed E-state index contributed by atoms with van der Waals surface area (Å²) >= 11 is 0. The minimum Gasteiger partial charge on any atom is -0.372 e. The summed E-state index contributed by atoms with van der Waals surface area (Å²) in [5, 5.41) is 5.56. The largest absolute Gasteiger partial charge is 0.372 e. The molecule has 19 heavy (non-hydrogen) atoms. The smallest absolute Gasteiger partial charge is 0.271 e. The lowest BCUT2D eigenvalue weighted by Crippen LogP contribution is -2.24. The Morgan fingerprint density at radius 3 is 2.89 bits per heavy atom. The number of hydrogen-bond donors (Lipinski definition) is 2. The molecule has 0 aliphatic heterocycles. The van der Waals surface area contributed by atoms with Gasteiger partial charge in [0.1, 0.15) is 17.3 Å². The number of carbonyl (C=O) groups is 1. The molecule has 0 aliphatic rings. The highest BCUT2D eigenvalue weighted by atomic mass is 16.1. The van der Waals surface area contributed by atoms with Crippen molar-refractivity contribution in [2.24, 2.45) is 0 Å². The third kappa shape index (κ3) is 3.44. The lowest BCUT2D eigenvalue weighted by atomic mass is 10.3. The molecular weight excluding hydrogens is 244 g/mol. The number of anilines is 1. The van der Waals surface area contributed by atoms with Gasteiger partial charge in [-0.1, -0.05) is 0 Å². The highest BCUT2D eigenvalue weighted by molar-refractivity contribution is 5.92. The molecule has 0 bridgehead atoms. The molecule has 2 N–H and O–H groups in total. The Kier molecular flexibility index (Phi) is 3.97. The first kappa shape index (κ1) is 12.9. The number of nitrogens with one attached hydrogen (secondary N) is 2. The van der Waals surface area contributed by atoms with Gasteiger partial charge in [0.2, 0.25) is 0 Å². The molecule has 1 amide bonds. The van der Waals surface area contributed by atoms with Crippen LogP contribution >= 0.6 is 0 Å². The Morgan fingerprint density at radius 1 is 1.32 bits per heavy atom. The summed E-state index contributed by atoms with van der Waals surface area (Å²) in [6, 6.07) is 1.75. The Labute approximate surface area is 110 Å². The van der Waals surface area contributed by atoms with Gasteiger partial charge in [-0.3, -0.25) is 9.78 Å². The van der Waals surface area contributed by atoms with E-state index in [1.807, 2.05) is 0 Å². The van der Waals surface area contributed by atoms with Crippen LogP contribution in [0.1, 0.15) is 22.0 Å². The van der Waals surface area contributed by atoms with Crippen molar-refractivity contribution in [3.8, 4) is 0 Å². The number of nitrogens with zero attached hydrogens (tertiary/aromatic N) is 4. The fourth-order valence-corrected chi connectivity index (χ4v) is 1.46. The van der Waals surface area contributed by atoms with Crippen molar-refractivity contribution >= 4 is 11.7 Å². The molecule has 7 heteroatoms. The second-order valence-electron chi connectivity index (χ2n) is 3.82. The van der Waals surface area contributed by atoms with Crippen LogP contribution in [0.15, 0.2) is 24.7 Å². The van der Waals surface area contributed by atoms with Gasteiger partial charge in [-0.05, 0) is 13.0 Å². The van der Waals surface area contributed by atoms with Gasteiger partial charge < -0.3 is 10.6 Å². The first-order valence-electron chi connectivity index (χ1n) is 5.75. The van der Waals surface area contributed by atoms with Gasteiger partial charge in [-0.25, -0.2) is 15.0 Å². The van der Waals surface area contributed by atoms with E-state index in [0.717, 1.165) is 5.69 Å². The minimum absolute atomic E-state index is 0.262. The SMILES string of the molecule is CNc1cncc(C(=O)NCc2ccnc(C)n2)n1. The first-order valence-corrected chi connectivity index (χ1v) is 5.75. The van der Waals surface area contributed by atoms with E-state index >= 15 is 0 Å². The van der Waals surface area contributed by atoms with Crippen molar-refractivity contribution in [1.82, 2.24) is 25.3 Å². The molecule has 0 aliphatic carbocycles. The number of aryl methyl sites for hydroxylation is 1. The molecule has 0 spiro atoms. The van der Waals surface area contributed by atoms with E-state index in [-0.39, 0.29) is 11.6 Å². The highest BCUT2D eigenvalue weighted by Crippen LogP contribution is 2.01. The summed E-state index contributed by atoms with van der Waals surface area (Å²) in [6.45, 7) is 2.13. The minimum atomic E-state index is -0.291. The maximum atomic E-state index is 11.9. The molecule has 0 saturated carbocycles. The Bertz CT molecular complexity index is 586. The zero-order valence-corrected chi connectivity index (χ0v) is 10.7. The molecule has 0 fully saturated rings. The van der Waals surface area contributed by atoms with Gasteiger partial charge in [0.05, 0.1) is 24.6 Å². The van der Waals surface area contributed by atoms with Crippen molar-refractivity contribution in [2.45, 2.75) is 13.5 Å². The summed E-state index contributed by atoms with van der Waals surface area (Å²) in [5.74, 6) is 0.926. The maximum Gasteiger partial charge on any atom is 0.271 e. The second kappa shape index (κ2) is 5.85. The molecule has 7 nitrogen and oxygen atoms in total. The van der Waals surface area contributed by atoms with Crippen molar-refractivity contribution in [2.75, 3.05) is 12.4 Å². The molecule has 2 aromatic heterocycles. The van der Waals surface area contributed by atoms with E-state index < -0.39 is 0 Å². The number of carbonyl (C=O) groups excluding carboxylic acids is 1. The topological polar surface area (TPSA) is 92.7 Å². The van der Waals surface area contributed by atoms with Crippen LogP contribution in [0.5, 0.6) is 0 Å². The van der Waals surface area contributed by atoms with Crippen molar-refractivity contribution < 1.29 is 4.79 Å². The van der Waals surface area contributed by atoms with E-state index in [0.29, 0.717) is 18.2 Å². The third-order valence-corrected chi connectivity index (χ3v) is 2.39. The van der Waals surface area contributed by atoms with Crippen LogP contribution < -0.4 is 10.6 Å². The van der Waals surface area contributed by atoms with Gasteiger partial charge in [0, 0.05) is 13.2 Å². The van der Waals surface area contributed by atoms with Crippen LogP contribution in [-0.2, 0) is 6.54 Å². The predicted octanol–water partition coefficient (Wildman–Crippen LogP) is 0.547.